The summed E-state index contributed by atoms with van der Waals surface area (Å²) in [5.74, 6) is -0.903. The molecule has 1 aromatic carbocycles. The highest BCUT2D eigenvalue weighted by Crippen LogP contribution is 2.32. The number of alkyl halides is 3. The Balaban J connectivity index is 2.23. The number of benzene rings is 1. The monoisotopic (exact) mass is 287 g/mol. The second-order valence-corrected chi connectivity index (χ2v) is 3.93. The van der Waals surface area contributed by atoms with Gasteiger partial charge in [0.2, 0.25) is 5.82 Å². The van der Waals surface area contributed by atoms with Crippen LogP contribution in [-0.4, -0.2) is 23.5 Å². The molecule has 0 bridgehead atoms. The molecule has 0 saturated carbocycles. The Hall–Kier alpha value is -2.02. The van der Waals surface area contributed by atoms with Gasteiger partial charge in [0.1, 0.15) is 7.11 Å². The zero-order valence-corrected chi connectivity index (χ0v) is 10.4. The Labute approximate surface area is 111 Å². The minimum absolute atomic E-state index is 0.0329. The number of rotatable bonds is 4. The molecule has 0 aliphatic heterocycles. The van der Waals surface area contributed by atoms with Crippen LogP contribution in [0.2, 0.25) is 0 Å². The van der Waals surface area contributed by atoms with Gasteiger partial charge in [-0.2, -0.15) is 13.8 Å². The van der Waals surface area contributed by atoms with Crippen molar-refractivity contribution in [2.24, 2.45) is 5.16 Å². The molecule has 0 unspecified atom stereocenters. The molecule has 100 valence electrons. The van der Waals surface area contributed by atoms with Crippen LogP contribution >= 0.6 is 11.6 Å². The lowest BCUT2D eigenvalue weighted by Gasteiger charge is -1.98. The van der Waals surface area contributed by atoms with Crippen molar-refractivity contribution in [3.8, 4) is 11.4 Å². The molecule has 2 aromatic rings. The SMILES string of the molecule is CO/N=C/c1ccc(-c2noc(C(F)(F)Cl)n2)cc1. The van der Waals surface area contributed by atoms with E-state index in [2.05, 4.69) is 24.7 Å². The Bertz CT molecular complexity index is 578. The van der Waals surface area contributed by atoms with Crippen LogP contribution < -0.4 is 0 Å². The number of hydrogen-bond donors (Lipinski definition) is 0. The van der Waals surface area contributed by atoms with Crippen molar-refractivity contribution in [3.63, 3.8) is 0 Å². The third-order valence-corrected chi connectivity index (χ3v) is 2.31. The van der Waals surface area contributed by atoms with Crippen molar-refractivity contribution in [1.82, 2.24) is 10.1 Å². The molecule has 0 N–H and O–H groups in total. The van der Waals surface area contributed by atoms with Crippen molar-refractivity contribution in [3.05, 3.63) is 35.7 Å². The Kier molecular flexibility index (Phi) is 3.75. The summed E-state index contributed by atoms with van der Waals surface area (Å²) in [6.07, 6.45) is 1.50. The number of hydrogen-bond acceptors (Lipinski definition) is 5. The van der Waals surface area contributed by atoms with Gasteiger partial charge in [-0.3, -0.25) is 0 Å². The normalized spacial score (nSPS) is 12.0. The lowest BCUT2D eigenvalue weighted by atomic mass is 10.1. The van der Waals surface area contributed by atoms with Gasteiger partial charge < -0.3 is 9.36 Å². The van der Waals surface area contributed by atoms with Gasteiger partial charge in [0.25, 0.3) is 0 Å². The van der Waals surface area contributed by atoms with Crippen LogP contribution in [0.3, 0.4) is 0 Å². The molecular weight excluding hydrogens is 280 g/mol. The zero-order valence-electron chi connectivity index (χ0n) is 9.68. The molecule has 0 amide bonds. The maximum absolute atomic E-state index is 12.7. The highest BCUT2D eigenvalue weighted by atomic mass is 35.5. The minimum Gasteiger partial charge on any atom is -0.399 e. The van der Waals surface area contributed by atoms with Gasteiger partial charge in [-0.1, -0.05) is 34.6 Å². The van der Waals surface area contributed by atoms with E-state index in [4.69, 9.17) is 11.6 Å². The van der Waals surface area contributed by atoms with E-state index in [9.17, 15) is 8.78 Å². The lowest BCUT2D eigenvalue weighted by molar-refractivity contribution is 0.0551. The van der Waals surface area contributed by atoms with Crippen LogP contribution in [0.4, 0.5) is 8.78 Å². The second kappa shape index (κ2) is 5.31. The zero-order chi connectivity index (χ0) is 13.9. The molecule has 0 radical (unpaired) electrons. The first-order valence-corrected chi connectivity index (χ1v) is 5.46. The van der Waals surface area contributed by atoms with Gasteiger partial charge in [-0.15, -0.1) is 0 Å². The predicted molar refractivity (Wildman–Crippen MR) is 64.1 cm³/mol. The van der Waals surface area contributed by atoms with Crippen molar-refractivity contribution < 1.29 is 18.1 Å². The molecular formula is C11H8ClF2N3O2. The highest BCUT2D eigenvalue weighted by Gasteiger charge is 2.35. The summed E-state index contributed by atoms with van der Waals surface area (Å²) in [4.78, 5) is 8.06. The summed E-state index contributed by atoms with van der Waals surface area (Å²) in [5.41, 5.74) is 1.29. The Morgan fingerprint density at radius 2 is 2.05 bits per heavy atom. The summed E-state index contributed by atoms with van der Waals surface area (Å²) in [6.45, 7) is 0. The van der Waals surface area contributed by atoms with Crippen molar-refractivity contribution in [2.45, 2.75) is 5.38 Å². The van der Waals surface area contributed by atoms with Gasteiger partial charge in [0.15, 0.2) is 0 Å². The quantitative estimate of drug-likeness (QED) is 0.493. The summed E-state index contributed by atoms with van der Waals surface area (Å²) in [7, 11) is 1.43. The van der Waals surface area contributed by atoms with E-state index in [1.165, 1.54) is 13.3 Å². The van der Waals surface area contributed by atoms with Gasteiger partial charge >= 0.3 is 11.3 Å². The molecule has 0 atom stereocenters. The largest absolute Gasteiger partial charge is 0.400 e. The fraction of sp³-hybridized carbons (Fsp3) is 0.182. The molecule has 0 aliphatic carbocycles. The van der Waals surface area contributed by atoms with E-state index in [0.717, 1.165) is 5.56 Å². The van der Waals surface area contributed by atoms with E-state index in [-0.39, 0.29) is 5.82 Å². The summed E-state index contributed by atoms with van der Waals surface area (Å²) < 4.78 is 29.8. The molecule has 19 heavy (non-hydrogen) atoms. The van der Waals surface area contributed by atoms with E-state index in [1.807, 2.05) is 0 Å². The fourth-order valence-electron chi connectivity index (χ4n) is 1.29. The standard InChI is InChI=1S/C11H8ClF2N3O2/c1-18-15-6-7-2-4-8(5-3-7)9-16-10(19-17-9)11(12,13)14/h2-6H,1H3/b15-6+. The molecule has 0 saturated heterocycles. The molecule has 8 heteroatoms. The summed E-state index contributed by atoms with van der Waals surface area (Å²) >= 11 is 4.78. The van der Waals surface area contributed by atoms with Gasteiger partial charge in [-0.25, -0.2) is 0 Å². The summed E-state index contributed by atoms with van der Waals surface area (Å²) in [6, 6.07) is 6.68. The average Bonchev–Trinajstić information content (AvgIpc) is 2.86. The van der Waals surface area contributed by atoms with Crippen LogP contribution in [0.5, 0.6) is 0 Å². The number of halogens is 3. The predicted octanol–water partition coefficient (Wildman–Crippen LogP) is 3.01. The Morgan fingerprint density at radius 1 is 1.37 bits per heavy atom. The maximum atomic E-state index is 12.7. The molecule has 2 rings (SSSR count). The van der Waals surface area contributed by atoms with Crippen LogP contribution in [0.25, 0.3) is 11.4 Å². The van der Waals surface area contributed by atoms with Crippen molar-refractivity contribution in [1.29, 1.82) is 0 Å². The van der Waals surface area contributed by atoms with Crippen LogP contribution in [0.15, 0.2) is 33.9 Å². The van der Waals surface area contributed by atoms with Gasteiger partial charge in [0.05, 0.1) is 6.21 Å². The first kappa shape index (κ1) is 13.4. The van der Waals surface area contributed by atoms with E-state index in [0.29, 0.717) is 5.56 Å². The molecule has 1 heterocycles. The van der Waals surface area contributed by atoms with Crippen molar-refractivity contribution in [2.75, 3.05) is 7.11 Å². The van der Waals surface area contributed by atoms with E-state index >= 15 is 0 Å². The van der Waals surface area contributed by atoms with Crippen LogP contribution in [0.1, 0.15) is 11.5 Å². The van der Waals surface area contributed by atoms with Crippen LogP contribution in [-0.2, 0) is 10.2 Å². The molecule has 5 nitrogen and oxygen atoms in total. The minimum atomic E-state index is -3.67. The molecule has 1 aromatic heterocycles. The smallest absolute Gasteiger partial charge is 0.399 e. The maximum Gasteiger partial charge on any atom is 0.400 e. The molecule has 0 aliphatic rings. The average molecular weight is 288 g/mol. The third-order valence-electron chi connectivity index (χ3n) is 2.14. The Morgan fingerprint density at radius 3 is 2.58 bits per heavy atom. The van der Waals surface area contributed by atoms with Crippen LogP contribution in [0, 0.1) is 0 Å². The second-order valence-electron chi connectivity index (χ2n) is 3.46. The molecule has 0 fully saturated rings. The van der Waals surface area contributed by atoms with Gasteiger partial charge in [0, 0.05) is 5.56 Å². The lowest BCUT2D eigenvalue weighted by Crippen LogP contribution is -2.03. The van der Waals surface area contributed by atoms with E-state index < -0.39 is 11.3 Å². The highest BCUT2D eigenvalue weighted by molar-refractivity contribution is 6.21. The first-order chi connectivity index (χ1) is 9.00. The number of oxime groups is 1. The van der Waals surface area contributed by atoms with Crippen molar-refractivity contribution >= 4 is 17.8 Å². The first-order valence-electron chi connectivity index (χ1n) is 5.08. The fourth-order valence-corrected chi connectivity index (χ4v) is 1.36. The van der Waals surface area contributed by atoms with Gasteiger partial charge in [-0.05, 0) is 17.2 Å². The number of nitrogens with zero attached hydrogens (tertiary/aromatic N) is 3. The van der Waals surface area contributed by atoms with E-state index in [1.54, 1.807) is 24.3 Å². The third kappa shape index (κ3) is 3.25. The summed E-state index contributed by atoms with van der Waals surface area (Å²) in [5, 5.41) is 3.35. The topological polar surface area (TPSA) is 60.5 Å². The number of aromatic nitrogens is 2. The molecule has 0 spiro atoms.